The molecule has 30 heavy (non-hydrogen) atoms. The van der Waals surface area contributed by atoms with Gasteiger partial charge in [-0.25, -0.2) is 14.4 Å². The first-order valence-electron chi connectivity index (χ1n) is 9.88. The van der Waals surface area contributed by atoms with Crippen molar-refractivity contribution in [2.45, 2.75) is 18.1 Å². The maximum Gasteiger partial charge on any atom is 0.230 e. The quantitative estimate of drug-likeness (QED) is 0.463. The maximum atomic E-state index is 13.7. The van der Waals surface area contributed by atoms with E-state index in [4.69, 9.17) is 14.7 Å². The van der Waals surface area contributed by atoms with Crippen LogP contribution in [0.25, 0.3) is 10.9 Å². The van der Waals surface area contributed by atoms with Gasteiger partial charge in [-0.3, -0.25) is 9.69 Å². The summed E-state index contributed by atoms with van der Waals surface area (Å²) in [7, 11) is 0. The number of hydrogen-bond acceptors (Lipinski definition) is 6. The number of morpholine rings is 1. The molecule has 1 amide bonds. The van der Waals surface area contributed by atoms with Gasteiger partial charge in [-0.2, -0.15) is 0 Å². The van der Waals surface area contributed by atoms with Crippen molar-refractivity contribution in [3.63, 3.8) is 0 Å². The highest BCUT2D eigenvalue weighted by molar-refractivity contribution is 8.00. The summed E-state index contributed by atoms with van der Waals surface area (Å²) >= 11 is 1.37. The average molecular weight is 427 g/mol. The minimum atomic E-state index is -0.319. The smallest absolute Gasteiger partial charge is 0.230 e. The van der Waals surface area contributed by atoms with Gasteiger partial charge in [-0.15, -0.1) is 0 Å². The van der Waals surface area contributed by atoms with Crippen LogP contribution in [0.1, 0.15) is 11.4 Å². The summed E-state index contributed by atoms with van der Waals surface area (Å²) in [4.78, 5) is 24.0. The van der Waals surface area contributed by atoms with Crippen molar-refractivity contribution in [3.8, 4) is 0 Å². The van der Waals surface area contributed by atoms with Gasteiger partial charge in [0.2, 0.25) is 5.91 Å². The van der Waals surface area contributed by atoms with Crippen molar-refractivity contribution in [1.82, 2.24) is 20.2 Å². The van der Waals surface area contributed by atoms with Gasteiger partial charge in [-0.1, -0.05) is 48.2 Å². The number of thioether (sulfide) groups is 1. The Balaban J connectivity index is 1.43. The standard InChI is InChI=1S/C22H23FN4O2S/c23-18-7-3-1-5-16(18)13-24-21(28)15-30-22-17-6-2-4-8-19(17)25-20(26-22)14-27-9-11-29-12-10-27/h1-8H,9-15H2,(H,24,28). The molecule has 1 fully saturated rings. The van der Waals surface area contributed by atoms with E-state index in [0.717, 1.165) is 48.1 Å². The minimum absolute atomic E-state index is 0.166. The molecule has 1 saturated heterocycles. The Morgan fingerprint density at radius 3 is 2.70 bits per heavy atom. The lowest BCUT2D eigenvalue weighted by Crippen LogP contribution is -2.36. The first-order valence-corrected chi connectivity index (χ1v) is 10.9. The number of rotatable bonds is 7. The van der Waals surface area contributed by atoms with E-state index >= 15 is 0 Å². The number of nitrogens with zero attached hydrogens (tertiary/aromatic N) is 3. The number of benzene rings is 2. The van der Waals surface area contributed by atoms with Crippen LogP contribution in [0.15, 0.2) is 53.6 Å². The first kappa shape index (κ1) is 20.7. The molecule has 0 spiro atoms. The van der Waals surface area contributed by atoms with Crippen molar-refractivity contribution >= 4 is 28.6 Å². The Morgan fingerprint density at radius 2 is 1.87 bits per heavy atom. The summed E-state index contributed by atoms with van der Waals surface area (Å²) in [5.74, 6) is 0.456. The fraction of sp³-hybridized carbons (Fsp3) is 0.318. The number of para-hydroxylation sites is 1. The Labute approximate surface area is 178 Å². The van der Waals surface area contributed by atoms with Crippen LogP contribution in [0.4, 0.5) is 4.39 Å². The number of halogens is 1. The molecule has 1 aliphatic heterocycles. The maximum absolute atomic E-state index is 13.7. The normalized spacial score (nSPS) is 14.7. The molecule has 3 aromatic rings. The third-order valence-corrected chi connectivity index (χ3v) is 5.85. The predicted molar refractivity (Wildman–Crippen MR) is 115 cm³/mol. The van der Waals surface area contributed by atoms with Crippen molar-refractivity contribution in [3.05, 3.63) is 65.7 Å². The molecule has 0 radical (unpaired) electrons. The monoisotopic (exact) mass is 426 g/mol. The second-order valence-corrected chi connectivity index (χ2v) is 7.97. The van der Waals surface area contributed by atoms with Crippen molar-refractivity contribution in [2.24, 2.45) is 0 Å². The summed E-state index contributed by atoms with van der Waals surface area (Å²) in [6.45, 7) is 3.98. The van der Waals surface area contributed by atoms with E-state index in [1.54, 1.807) is 18.2 Å². The zero-order valence-electron chi connectivity index (χ0n) is 16.5. The van der Waals surface area contributed by atoms with E-state index in [1.165, 1.54) is 17.8 Å². The van der Waals surface area contributed by atoms with E-state index in [-0.39, 0.29) is 24.0 Å². The molecule has 2 aromatic carbocycles. The van der Waals surface area contributed by atoms with Crippen LogP contribution in [0.2, 0.25) is 0 Å². The fourth-order valence-corrected chi connectivity index (χ4v) is 4.12. The van der Waals surface area contributed by atoms with E-state index < -0.39 is 0 Å². The van der Waals surface area contributed by atoms with Crippen LogP contribution >= 0.6 is 11.8 Å². The number of carbonyl (C=O) groups is 1. The van der Waals surface area contributed by atoms with Gasteiger partial charge >= 0.3 is 0 Å². The number of carbonyl (C=O) groups excluding carboxylic acids is 1. The van der Waals surface area contributed by atoms with Gasteiger partial charge in [0.25, 0.3) is 0 Å². The molecule has 8 heteroatoms. The van der Waals surface area contributed by atoms with Gasteiger partial charge < -0.3 is 10.1 Å². The number of aromatic nitrogens is 2. The van der Waals surface area contributed by atoms with Crippen LogP contribution in [0, 0.1) is 5.82 Å². The summed E-state index contributed by atoms with van der Waals surface area (Å²) in [6, 6.07) is 14.3. The Kier molecular flexibility index (Phi) is 6.88. The largest absolute Gasteiger partial charge is 0.379 e. The fourth-order valence-electron chi connectivity index (χ4n) is 3.25. The van der Waals surface area contributed by atoms with E-state index in [9.17, 15) is 9.18 Å². The highest BCUT2D eigenvalue weighted by atomic mass is 32.2. The second-order valence-electron chi connectivity index (χ2n) is 7.01. The average Bonchev–Trinajstić information content (AvgIpc) is 2.77. The summed E-state index contributed by atoms with van der Waals surface area (Å²) in [6.07, 6.45) is 0. The van der Waals surface area contributed by atoms with Gasteiger partial charge in [-0.05, 0) is 12.1 Å². The molecule has 6 nitrogen and oxygen atoms in total. The van der Waals surface area contributed by atoms with Crippen LogP contribution in [-0.2, 0) is 22.6 Å². The third kappa shape index (κ3) is 5.33. The zero-order valence-corrected chi connectivity index (χ0v) is 17.3. The lowest BCUT2D eigenvalue weighted by molar-refractivity contribution is -0.118. The number of ether oxygens (including phenoxy) is 1. The van der Waals surface area contributed by atoms with Gasteiger partial charge in [0.1, 0.15) is 16.7 Å². The molecule has 1 N–H and O–H groups in total. The molecule has 0 saturated carbocycles. The summed E-state index contributed by atoms with van der Waals surface area (Å²) < 4.78 is 19.1. The molecule has 0 unspecified atom stereocenters. The molecule has 0 aliphatic carbocycles. The lowest BCUT2D eigenvalue weighted by Gasteiger charge is -2.25. The van der Waals surface area contributed by atoms with Crippen LogP contribution in [0.3, 0.4) is 0 Å². The Bertz CT molecular complexity index is 1030. The molecule has 0 atom stereocenters. The number of fused-ring (bicyclic) bond motifs is 1. The predicted octanol–water partition coefficient (Wildman–Crippen LogP) is 3.01. The number of amides is 1. The molecule has 1 aliphatic rings. The van der Waals surface area contributed by atoms with E-state index in [2.05, 4.69) is 10.2 Å². The van der Waals surface area contributed by atoms with Crippen LogP contribution < -0.4 is 5.32 Å². The molecular weight excluding hydrogens is 403 g/mol. The number of nitrogens with one attached hydrogen (secondary N) is 1. The molecular formula is C22H23FN4O2S. The molecule has 1 aromatic heterocycles. The summed E-state index contributed by atoms with van der Waals surface area (Å²) in [5, 5.41) is 4.48. The highest BCUT2D eigenvalue weighted by Crippen LogP contribution is 2.25. The van der Waals surface area contributed by atoms with Gasteiger partial charge in [0, 0.05) is 30.6 Å². The lowest BCUT2D eigenvalue weighted by atomic mass is 10.2. The molecule has 2 heterocycles. The van der Waals surface area contributed by atoms with Crippen LogP contribution in [-0.4, -0.2) is 52.8 Å². The van der Waals surface area contributed by atoms with Gasteiger partial charge in [0.15, 0.2) is 0 Å². The molecule has 4 rings (SSSR count). The van der Waals surface area contributed by atoms with Crippen molar-refractivity contribution < 1.29 is 13.9 Å². The number of hydrogen-bond donors (Lipinski definition) is 1. The van der Waals surface area contributed by atoms with E-state index in [1.807, 2.05) is 24.3 Å². The first-order chi connectivity index (χ1) is 14.7. The van der Waals surface area contributed by atoms with Crippen LogP contribution in [0.5, 0.6) is 0 Å². The highest BCUT2D eigenvalue weighted by Gasteiger charge is 2.15. The van der Waals surface area contributed by atoms with E-state index in [0.29, 0.717) is 12.1 Å². The topological polar surface area (TPSA) is 67.4 Å². The Morgan fingerprint density at radius 1 is 1.10 bits per heavy atom. The third-order valence-electron chi connectivity index (χ3n) is 4.86. The second kappa shape index (κ2) is 9.97. The molecule has 156 valence electrons. The van der Waals surface area contributed by atoms with Gasteiger partial charge in [0.05, 0.1) is 31.0 Å². The SMILES string of the molecule is O=C(CSc1nc(CN2CCOCC2)nc2ccccc12)NCc1ccccc1F. The molecule has 0 bridgehead atoms. The Hall–Kier alpha value is -2.55. The van der Waals surface area contributed by atoms with Crippen molar-refractivity contribution in [1.29, 1.82) is 0 Å². The minimum Gasteiger partial charge on any atom is -0.379 e. The zero-order chi connectivity index (χ0) is 20.8. The van der Waals surface area contributed by atoms with Crippen molar-refractivity contribution in [2.75, 3.05) is 32.1 Å². The summed E-state index contributed by atoms with van der Waals surface area (Å²) in [5.41, 5.74) is 1.33.